The molecule has 1 saturated carbocycles. The fraction of sp³-hybridized carbons (Fsp3) is 0.417. The van der Waals surface area contributed by atoms with Crippen molar-refractivity contribution in [3.05, 3.63) is 47.0 Å². The summed E-state index contributed by atoms with van der Waals surface area (Å²) >= 11 is 6.29. The van der Waals surface area contributed by atoms with E-state index in [2.05, 4.69) is 35.8 Å². The summed E-state index contributed by atoms with van der Waals surface area (Å²) in [5, 5.41) is 12.8. The second kappa shape index (κ2) is 8.69. The zero-order valence-corrected chi connectivity index (χ0v) is 19.7. The molecule has 0 spiro atoms. The summed E-state index contributed by atoms with van der Waals surface area (Å²) in [6.07, 6.45) is -1.90. The van der Waals surface area contributed by atoms with Crippen molar-refractivity contribution < 1.29 is 27.8 Å². The van der Waals surface area contributed by atoms with Gasteiger partial charge in [0.1, 0.15) is 5.75 Å². The molecule has 2 unspecified atom stereocenters. The van der Waals surface area contributed by atoms with Gasteiger partial charge in [-0.15, -0.1) is 13.2 Å². The van der Waals surface area contributed by atoms with Crippen LogP contribution in [0.15, 0.2) is 36.4 Å². The predicted octanol–water partition coefficient (Wildman–Crippen LogP) is 7.42. The number of fused-ring (bicyclic) bond motifs is 1. The van der Waals surface area contributed by atoms with Crippen LogP contribution in [-0.4, -0.2) is 27.0 Å². The van der Waals surface area contributed by atoms with Crippen molar-refractivity contribution in [1.82, 2.24) is 9.55 Å². The van der Waals surface area contributed by atoms with E-state index in [0.717, 1.165) is 19.3 Å². The smallest absolute Gasteiger partial charge is 0.478 e. The second-order valence-electron chi connectivity index (χ2n) is 9.70. The van der Waals surface area contributed by atoms with Crippen molar-refractivity contribution in [1.29, 1.82) is 0 Å². The summed E-state index contributed by atoms with van der Waals surface area (Å²) in [4.78, 5) is 16.2. The molecular formula is C24H25ClF3N3O3. The van der Waals surface area contributed by atoms with Gasteiger partial charge in [-0.2, -0.15) is 0 Å². The van der Waals surface area contributed by atoms with Gasteiger partial charge in [-0.3, -0.25) is 0 Å². The number of hydrogen-bond donors (Lipinski definition) is 2. The monoisotopic (exact) mass is 495 g/mol. The number of aromatic nitrogens is 2. The van der Waals surface area contributed by atoms with Crippen molar-refractivity contribution in [2.24, 2.45) is 11.3 Å². The molecule has 2 aromatic carbocycles. The Morgan fingerprint density at radius 2 is 1.91 bits per heavy atom. The molecule has 0 amide bonds. The third-order valence-corrected chi connectivity index (χ3v) is 6.39. The molecule has 3 aromatic rings. The van der Waals surface area contributed by atoms with Crippen LogP contribution < -0.4 is 10.1 Å². The molecule has 4 rings (SSSR count). The van der Waals surface area contributed by atoms with Crippen LogP contribution in [0.3, 0.4) is 0 Å². The number of halogens is 4. The van der Waals surface area contributed by atoms with E-state index in [1.54, 1.807) is 6.07 Å². The van der Waals surface area contributed by atoms with Gasteiger partial charge >= 0.3 is 12.3 Å². The van der Waals surface area contributed by atoms with Crippen molar-refractivity contribution in [2.75, 3.05) is 5.32 Å². The molecule has 2 N–H and O–H groups in total. The largest absolute Gasteiger partial charge is 0.573 e. The first kappa shape index (κ1) is 24.2. The van der Waals surface area contributed by atoms with Crippen LogP contribution in [0.4, 0.5) is 24.8 Å². The van der Waals surface area contributed by atoms with E-state index < -0.39 is 12.3 Å². The lowest BCUT2D eigenvalue weighted by Crippen LogP contribution is -2.29. The highest BCUT2D eigenvalue weighted by molar-refractivity contribution is 6.34. The Hall–Kier alpha value is -2.94. The Bertz CT molecular complexity index is 1220. The molecule has 1 fully saturated rings. The number of alkyl halides is 3. The molecule has 0 aliphatic heterocycles. The quantitative estimate of drug-likeness (QED) is 0.385. The standard InChI is InChI=1S/C24H25ClF3N3O3/c1-13-8-15(12-23(2,3)11-13)31-20-10-18(25)17(21(32)33)9-19(20)30-22(31)29-14-4-6-16(7-5-14)34-24(26,27)28/h4-7,9-10,13,15H,8,11-12H2,1-3H3,(H,29,30)(H,32,33). The summed E-state index contributed by atoms with van der Waals surface area (Å²) in [6.45, 7) is 6.64. The Balaban J connectivity index is 1.77. The Morgan fingerprint density at radius 1 is 1.24 bits per heavy atom. The molecule has 1 heterocycles. The Labute approximate surface area is 199 Å². The van der Waals surface area contributed by atoms with Gasteiger partial charge in [0.15, 0.2) is 0 Å². The summed E-state index contributed by atoms with van der Waals surface area (Å²) in [5.74, 6) is -0.546. The number of carboxylic acids is 1. The molecule has 1 aliphatic rings. The number of carbonyl (C=O) groups is 1. The molecule has 1 aromatic heterocycles. The number of nitrogens with zero attached hydrogens (tertiary/aromatic N) is 2. The van der Waals surface area contributed by atoms with E-state index in [9.17, 15) is 23.1 Å². The molecular weight excluding hydrogens is 471 g/mol. The third kappa shape index (κ3) is 5.24. The van der Waals surface area contributed by atoms with Gasteiger partial charge < -0.3 is 19.7 Å². The van der Waals surface area contributed by atoms with Crippen molar-refractivity contribution in [3.8, 4) is 5.75 Å². The Kier molecular flexibility index (Phi) is 6.18. The average molecular weight is 496 g/mol. The molecule has 10 heteroatoms. The lowest BCUT2D eigenvalue weighted by atomic mass is 9.70. The SMILES string of the molecule is CC1CC(n2c(Nc3ccc(OC(F)(F)F)cc3)nc3cc(C(=O)O)c(Cl)cc32)CC(C)(C)C1. The van der Waals surface area contributed by atoms with Crippen LogP contribution >= 0.6 is 11.6 Å². The van der Waals surface area contributed by atoms with Gasteiger partial charge in [0.25, 0.3) is 0 Å². The lowest BCUT2D eigenvalue weighted by molar-refractivity contribution is -0.274. The summed E-state index contributed by atoms with van der Waals surface area (Å²) < 4.78 is 43.4. The normalized spacial score (nSPS) is 20.3. The van der Waals surface area contributed by atoms with E-state index in [1.165, 1.54) is 30.3 Å². The maximum absolute atomic E-state index is 12.5. The van der Waals surface area contributed by atoms with Gasteiger partial charge in [-0.25, -0.2) is 9.78 Å². The summed E-state index contributed by atoms with van der Waals surface area (Å²) in [6, 6.07) is 8.50. The van der Waals surface area contributed by atoms with Crippen molar-refractivity contribution in [3.63, 3.8) is 0 Å². The number of hydrogen-bond acceptors (Lipinski definition) is 4. The molecule has 6 nitrogen and oxygen atoms in total. The van der Waals surface area contributed by atoms with E-state index in [-0.39, 0.29) is 27.8 Å². The lowest BCUT2D eigenvalue weighted by Gasteiger charge is -2.40. The zero-order chi connectivity index (χ0) is 24.8. The number of rotatable bonds is 5. The van der Waals surface area contributed by atoms with Gasteiger partial charge in [-0.05, 0) is 67.0 Å². The average Bonchev–Trinajstić information content (AvgIpc) is 3.02. The fourth-order valence-electron chi connectivity index (χ4n) is 5.10. The number of nitrogens with one attached hydrogen (secondary N) is 1. The first-order valence-corrected chi connectivity index (χ1v) is 11.3. The number of benzene rings is 2. The number of aromatic carboxylic acids is 1. The maximum atomic E-state index is 12.5. The molecule has 2 atom stereocenters. The van der Waals surface area contributed by atoms with Crippen molar-refractivity contribution in [2.45, 2.75) is 52.4 Å². The van der Waals surface area contributed by atoms with Gasteiger partial charge in [-0.1, -0.05) is 32.4 Å². The molecule has 0 saturated heterocycles. The van der Waals surface area contributed by atoms with Gasteiger partial charge in [0.05, 0.1) is 21.6 Å². The molecule has 0 radical (unpaired) electrons. The topological polar surface area (TPSA) is 76.4 Å². The number of imidazole rings is 1. The molecule has 0 bridgehead atoms. The third-order valence-electron chi connectivity index (χ3n) is 6.08. The van der Waals surface area contributed by atoms with Crippen molar-refractivity contribution >= 4 is 40.2 Å². The number of carboxylic acid groups (broad SMARTS) is 1. The first-order valence-electron chi connectivity index (χ1n) is 10.9. The van der Waals surface area contributed by atoms with Crippen LogP contribution in [0, 0.1) is 11.3 Å². The van der Waals surface area contributed by atoms with Crippen LogP contribution in [0.2, 0.25) is 5.02 Å². The molecule has 1 aliphatic carbocycles. The van der Waals surface area contributed by atoms with Crippen LogP contribution in [-0.2, 0) is 0 Å². The maximum Gasteiger partial charge on any atom is 0.573 e. The summed E-state index contributed by atoms with van der Waals surface area (Å²) in [7, 11) is 0. The minimum atomic E-state index is -4.77. The van der Waals surface area contributed by atoms with E-state index >= 15 is 0 Å². The fourth-order valence-corrected chi connectivity index (χ4v) is 5.34. The minimum Gasteiger partial charge on any atom is -0.478 e. The van der Waals surface area contributed by atoms with E-state index in [1.807, 2.05) is 4.57 Å². The zero-order valence-electron chi connectivity index (χ0n) is 18.9. The second-order valence-corrected chi connectivity index (χ2v) is 10.1. The van der Waals surface area contributed by atoms with Gasteiger partial charge in [0.2, 0.25) is 5.95 Å². The van der Waals surface area contributed by atoms with Crippen LogP contribution in [0.25, 0.3) is 11.0 Å². The molecule has 182 valence electrons. The summed E-state index contributed by atoms with van der Waals surface area (Å²) in [5.41, 5.74) is 1.73. The van der Waals surface area contributed by atoms with Crippen LogP contribution in [0.5, 0.6) is 5.75 Å². The van der Waals surface area contributed by atoms with Gasteiger partial charge in [0, 0.05) is 11.7 Å². The Morgan fingerprint density at radius 3 is 2.50 bits per heavy atom. The highest BCUT2D eigenvalue weighted by Gasteiger charge is 2.35. The number of ether oxygens (including phenoxy) is 1. The predicted molar refractivity (Wildman–Crippen MR) is 124 cm³/mol. The highest BCUT2D eigenvalue weighted by atomic mass is 35.5. The minimum absolute atomic E-state index is 0.0450. The van der Waals surface area contributed by atoms with Crippen LogP contribution in [0.1, 0.15) is 56.4 Å². The van der Waals surface area contributed by atoms with E-state index in [0.29, 0.717) is 28.6 Å². The molecule has 34 heavy (non-hydrogen) atoms. The highest BCUT2D eigenvalue weighted by Crippen LogP contribution is 2.46. The van der Waals surface area contributed by atoms with E-state index in [4.69, 9.17) is 11.6 Å². The first-order chi connectivity index (χ1) is 15.8. The number of anilines is 2.